The molecule has 0 radical (unpaired) electrons. The predicted molar refractivity (Wildman–Crippen MR) is 99.6 cm³/mol. The standard InChI is InChI=1S/C18H18ClN5O/c1-11(2)12-5-7-13(8-6-12)25-18-15(20)17(22-10-23-18)24-14-4-3-9-21-16(14)19/h3-11H,20H2,1-2H3,(H,22,23,24). The quantitative estimate of drug-likeness (QED) is 0.641. The molecule has 3 aromatic rings. The van der Waals surface area contributed by atoms with E-state index < -0.39 is 0 Å². The molecule has 7 heteroatoms. The fraction of sp³-hybridized carbons (Fsp3) is 0.167. The van der Waals surface area contributed by atoms with Crippen LogP contribution in [-0.4, -0.2) is 15.0 Å². The number of rotatable bonds is 5. The molecule has 0 spiro atoms. The SMILES string of the molecule is CC(C)c1ccc(Oc2ncnc(Nc3cccnc3Cl)c2N)cc1. The highest BCUT2D eigenvalue weighted by molar-refractivity contribution is 6.32. The number of ether oxygens (including phenoxy) is 1. The van der Waals surface area contributed by atoms with Crippen LogP contribution in [0.4, 0.5) is 17.2 Å². The fourth-order valence-electron chi connectivity index (χ4n) is 2.20. The van der Waals surface area contributed by atoms with Crippen LogP contribution in [0.1, 0.15) is 25.3 Å². The van der Waals surface area contributed by atoms with E-state index in [1.165, 1.54) is 11.9 Å². The second-order valence-electron chi connectivity index (χ2n) is 5.73. The second-order valence-corrected chi connectivity index (χ2v) is 6.09. The number of nitrogens with zero attached hydrogens (tertiary/aromatic N) is 3. The zero-order valence-corrected chi connectivity index (χ0v) is 14.7. The number of hydrogen-bond donors (Lipinski definition) is 2. The third kappa shape index (κ3) is 3.97. The minimum Gasteiger partial charge on any atom is -0.437 e. The van der Waals surface area contributed by atoms with Crippen LogP contribution in [-0.2, 0) is 0 Å². The first-order valence-electron chi connectivity index (χ1n) is 7.80. The summed E-state index contributed by atoms with van der Waals surface area (Å²) in [5.41, 5.74) is 8.25. The summed E-state index contributed by atoms with van der Waals surface area (Å²) in [6, 6.07) is 11.4. The van der Waals surface area contributed by atoms with Gasteiger partial charge in [-0.3, -0.25) is 0 Å². The first-order chi connectivity index (χ1) is 12.0. The molecule has 0 saturated heterocycles. The molecule has 0 unspecified atom stereocenters. The highest BCUT2D eigenvalue weighted by atomic mass is 35.5. The van der Waals surface area contributed by atoms with E-state index in [-0.39, 0.29) is 11.6 Å². The van der Waals surface area contributed by atoms with Crippen molar-refractivity contribution in [2.75, 3.05) is 11.1 Å². The lowest BCUT2D eigenvalue weighted by Gasteiger charge is -2.12. The summed E-state index contributed by atoms with van der Waals surface area (Å²) in [5, 5.41) is 3.37. The molecule has 25 heavy (non-hydrogen) atoms. The first kappa shape index (κ1) is 17.0. The van der Waals surface area contributed by atoms with Gasteiger partial charge in [-0.25, -0.2) is 9.97 Å². The summed E-state index contributed by atoms with van der Waals surface area (Å²) >= 11 is 6.05. The Morgan fingerprint density at radius 3 is 2.52 bits per heavy atom. The Morgan fingerprint density at radius 2 is 1.84 bits per heavy atom. The van der Waals surface area contributed by atoms with Crippen molar-refractivity contribution in [2.24, 2.45) is 0 Å². The van der Waals surface area contributed by atoms with Crippen molar-refractivity contribution in [3.63, 3.8) is 0 Å². The largest absolute Gasteiger partial charge is 0.437 e. The minimum atomic E-state index is 0.273. The Morgan fingerprint density at radius 1 is 1.08 bits per heavy atom. The lowest BCUT2D eigenvalue weighted by molar-refractivity contribution is 0.464. The van der Waals surface area contributed by atoms with Gasteiger partial charge in [-0.05, 0) is 35.7 Å². The Labute approximate surface area is 151 Å². The topological polar surface area (TPSA) is 86.0 Å². The lowest BCUT2D eigenvalue weighted by atomic mass is 10.0. The monoisotopic (exact) mass is 355 g/mol. The number of benzene rings is 1. The second kappa shape index (κ2) is 7.36. The van der Waals surface area contributed by atoms with Crippen LogP contribution >= 0.6 is 11.6 Å². The van der Waals surface area contributed by atoms with Gasteiger partial charge in [0.05, 0.1) is 5.69 Å². The van der Waals surface area contributed by atoms with Crippen LogP contribution in [0, 0.1) is 0 Å². The lowest BCUT2D eigenvalue weighted by Crippen LogP contribution is -2.03. The molecule has 2 aromatic heterocycles. The van der Waals surface area contributed by atoms with Gasteiger partial charge in [-0.1, -0.05) is 37.6 Å². The molecule has 0 aliphatic heterocycles. The molecule has 2 heterocycles. The Hall–Kier alpha value is -2.86. The average molecular weight is 356 g/mol. The van der Waals surface area contributed by atoms with E-state index in [1.54, 1.807) is 18.3 Å². The molecule has 1 aromatic carbocycles. The molecule has 0 saturated carbocycles. The smallest absolute Gasteiger partial charge is 0.248 e. The van der Waals surface area contributed by atoms with E-state index in [2.05, 4.69) is 34.1 Å². The summed E-state index contributed by atoms with van der Waals surface area (Å²) in [6.45, 7) is 4.28. The summed E-state index contributed by atoms with van der Waals surface area (Å²) in [4.78, 5) is 12.3. The number of nitrogens with one attached hydrogen (secondary N) is 1. The van der Waals surface area contributed by atoms with Gasteiger partial charge < -0.3 is 15.8 Å². The maximum atomic E-state index is 6.13. The molecule has 0 fully saturated rings. The van der Waals surface area contributed by atoms with Gasteiger partial charge in [-0.2, -0.15) is 4.98 Å². The first-order valence-corrected chi connectivity index (χ1v) is 8.18. The maximum absolute atomic E-state index is 6.13. The van der Waals surface area contributed by atoms with Gasteiger partial charge in [0.15, 0.2) is 11.0 Å². The predicted octanol–water partition coefficient (Wildman–Crippen LogP) is 4.77. The molecule has 0 aliphatic rings. The Bertz CT molecular complexity index is 868. The van der Waals surface area contributed by atoms with Crippen LogP contribution in [0.2, 0.25) is 5.15 Å². The number of aromatic nitrogens is 3. The molecule has 128 valence electrons. The molecule has 0 atom stereocenters. The van der Waals surface area contributed by atoms with E-state index in [4.69, 9.17) is 22.1 Å². The van der Waals surface area contributed by atoms with Crippen molar-refractivity contribution in [1.29, 1.82) is 0 Å². The zero-order valence-electron chi connectivity index (χ0n) is 13.9. The normalized spacial score (nSPS) is 10.7. The van der Waals surface area contributed by atoms with Crippen LogP contribution in [0.5, 0.6) is 11.6 Å². The van der Waals surface area contributed by atoms with E-state index in [9.17, 15) is 0 Å². The van der Waals surface area contributed by atoms with Crippen molar-refractivity contribution >= 4 is 28.8 Å². The number of nitrogens with two attached hydrogens (primary N) is 1. The molecule has 3 N–H and O–H groups in total. The third-order valence-corrected chi connectivity index (χ3v) is 3.92. The van der Waals surface area contributed by atoms with Crippen LogP contribution < -0.4 is 15.8 Å². The van der Waals surface area contributed by atoms with Gasteiger partial charge in [0.1, 0.15) is 17.8 Å². The van der Waals surface area contributed by atoms with Crippen LogP contribution in [0.15, 0.2) is 48.9 Å². The van der Waals surface area contributed by atoms with Gasteiger partial charge >= 0.3 is 0 Å². The maximum Gasteiger partial charge on any atom is 0.248 e. The molecule has 3 rings (SSSR count). The number of hydrogen-bond acceptors (Lipinski definition) is 6. The van der Waals surface area contributed by atoms with Crippen LogP contribution in [0.3, 0.4) is 0 Å². The zero-order chi connectivity index (χ0) is 17.8. The van der Waals surface area contributed by atoms with Crippen molar-refractivity contribution in [1.82, 2.24) is 15.0 Å². The average Bonchev–Trinajstić information content (AvgIpc) is 2.61. The van der Waals surface area contributed by atoms with E-state index in [0.29, 0.717) is 28.3 Å². The Balaban J connectivity index is 1.82. The summed E-state index contributed by atoms with van der Waals surface area (Å²) in [6.07, 6.45) is 2.98. The van der Waals surface area contributed by atoms with Gasteiger partial charge in [0, 0.05) is 6.20 Å². The van der Waals surface area contributed by atoms with E-state index in [1.807, 2.05) is 24.3 Å². The summed E-state index contributed by atoms with van der Waals surface area (Å²) in [7, 11) is 0. The van der Waals surface area contributed by atoms with Crippen molar-refractivity contribution in [2.45, 2.75) is 19.8 Å². The minimum absolute atomic E-state index is 0.273. The molecular weight excluding hydrogens is 338 g/mol. The molecule has 6 nitrogen and oxygen atoms in total. The van der Waals surface area contributed by atoms with E-state index in [0.717, 1.165) is 0 Å². The van der Waals surface area contributed by atoms with Gasteiger partial charge in [0.2, 0.25) is 5.88 Å². The number of anilines is 3. The van der Waals surface area contributed by atoms with Gasteiger partial charge in [0.25, 0.3) is 0 Å². The molecule has 0 amide bonds. The number of nitrogen functional groups attached to an aromatic ring is 1. The third-order valence-electron chi connectivity index (χ3n) is 3.62. The van der Waals surface area contributed by atoms with Crippen molar-refractivity contribution in [3.05, 3.63) is 59.6 Å². The summed E-state index contributed by atoms with van der Waals surface area (Å²) < 4.78 is 5.79. The highest BCUT2D eigenvalue weighted by Crippen LogP contribution is 2.32. The van der Waals surface area contributed by atoms with Gasteiger partial charge in [-0.15, -0.1) is 0 Å². The van der Waals surface area contributed by atoms with Crippen LogP contribution in [0.25, 0.3) is 0 Å². The Kier molecular flexibility index (Phi) is 5.00. The van der Waals surface area contributed by atoms with Crippen molar-refractivity contribution in [3.8, 4) is 11.6 Å². The summed E-state index contributed by atoms with van der Waals surface area (Å²) in [5.74, 6) is 1.78. The molecular formula is C18H18ClN5O. The number of pyridine rings is 1. The fourth-order valence-corrected chi connectivity index (χ4v) is 2.37. The molecule has 0 bridgehead atoms. The highest BCUT2D eigenvalue weighted by Gasteiger charge is 2.12. The van der Waals surface area contributed by atoms with E-state index >= 15 is 0 Å². The molecule has 0 aliphatic carbocycles. The number of halogens is 1. The van der Waals surface area contributed by atoms with Crippen molar-refractivity contribution < 1.29 is 4.74 Å².